The van der Waals surface area contributed by atoms with E-state index in [-0.39, 0.29) is 30.8 Å². The van der Waals surface area contributed by atoms with E-state index in [2.05, 4.69) is 22.9 Å². The largest absolute Gasteiger partial charge is 1.00 e. The molecule has 2 aliphatic heterocycles. The van der Waals surface area contributed by atoms with Crippen LogP contribution in [-0.2, 0) is 13.0 Å². The number of aryl methyl sites for hydroxylation is 2. The number of aromatic nitrogens is 1. The monoisotopic (exact) mass is 493 g/mol. The maximum atomic E-state index is 5.89. The zero-order valence-electron chi connectivity index (χ0n) is 15.9. The van der Waals surface area contributed by atoms with Crippen LogP contribution in [0, 0.1) is 0 Å². The first-order valence-electron chi connectivity index (χ1n) is 8.83. The molecule has 0 radical (unpaired) electrons. The quantitative estimate of drug-likeness (QED) is 0.383. The molecule has 0 atom stereocenters. The van der Waals surface area contributed by atoms with Gasteiger partial charge in [-0.15, -0.1) is 0 Å². The summed E-state index contributed by atoms with van der Waals surface area (Å²) < 4.78 is 30.3. The van der Waals surface area contributed by atoms with E-state index in [1.807, 2.05) is 12.1 Å². The number of hydrogen-bond acceptors (Lipinski definition) is 5. The molecule has 0 amide bonds. The van der Waals surface area contributed by atoms with Gasteiger partial charge in [-0.3, -0.25) is 0 Å². The van der Waals surface area contributed by atoms with Crippen molar-refractivity contribution in [3.05, 3.63) is 36.0 Å². The van der Waals surface area contributed by atoms with Crippen LogP contribution in [0.4, 0.5) is 0 Å². The molecule has 146 valence electrons. The molecular weight excluding hydrogens is 473 g/mol. The molecule has 7 heteroatoms. The molecule has 6 nitrogen and oxygen atoms in total. The summed E-state index contributed by atoms with van der Waals surface area (Å²) in [6.07, 6.45) is 3.02. The third kappa shape index (κ3) is 2.63. The number of ether oxygens (including phenoxy) is 5. The van der Waals surface area contributed by atoms with E-state index >= 15 is 0 Å². The summed E-state index contributed by atoms with van der Waals surface area (Å²) in [5.41, 5.74) is 3.38. The van der Waals surface area contributed by atoms with E-state index in [4.69, 9.17) is 23.7 Å². The molecule has 0 N–H and O–H groups in total. The van der Waals surface area contributed by atoms with Crippen molar-refractivity contribution >= 4 is 10.8 Å². The fourth-order valence-corrected chi connectivity index (χ4v) is 4.07. The van der Waals surface area contributed by atoms with E-state index in [9.17, 15) is 0 Å². The lowest BCUT2D eigenvalue weighted by molar-refractivity contribution is -0.686. The first-order chi connectivity index (χ1) is 13.2. The maximum absolute atomic E-state index is 5.89. The SMILES string of the molecule is COc1ccc2c(OC)c3[n+](cc2c1OC)CCc1cc2c(cc1-3)OCO2.[I-]. The topological polar surface area (TPSA) is 50.0 Å². The fourth-order valence-electron chi connectivity index (χ4n) is 4.07. The molecular formula is C21H20INO5. The van der Waals surface area contributed by atoms with Crippen LogP contribution in [0.5, 0.6) is 28.7 Å². The van der Waals surface area contributed by atoms with Crippen LogP contribution in [-0.4, -0.2) is 28.1 Å². The summed E-state index contributed by atoms with van der Waals surface area (Å²) in [7, 11) is 5.00. The Balaban J connectivity index is 0.00000192. The number of pyridine rings is 1. The zero-order chi connectivity index (χ0) is 18.5. The van der Waals surface area contributed by atoms with Crippen LogP contribution in [0.2, 0.25) is 0 Å². The molecule has 0 saturated carbocycles. The third-order valence-corrected chi connectivity index (χ3v) is 5.30. The Labute approximate surface area is 179 Å². The minimum absolute atomic E-state index is 0. The van der Waals surface area contributed by atoms with Gasteiger partial charge in [0.1, 0.15) is 0 Å². The van der Waals surface area contributed by atoms with E-state index < -0.39 is 0 Å². The van der Waals surface area contributed by atoms with Gasteiger partial charge >= 0.3 is 0 Å². The molecule has 0 saturated heterocycles. The summed E-state index contributed by atoms with van der Waals surface area (Å²) in [5, 5.41) is 1.94. The summed E-state index contributed by atoms with van der Waals surface area (Å²) in [4.78, 5) is 0. The number of benzene rings is 2. The van der Waals surface area contributed by atoms with Gasteiger partial charge in [-0.05, 0) is 29.8 Å². The highest BCUT2D eigenvalue weighted by atomic mass is 127. The number of rotatable bonds is 3. The second kappa shape index (κ2) is 7.20. The lowest BCUT2D eigenvalue weighted by Crippen LogP contribution is -3.00. The molecule has 0 spiro atoms. The Kier molecular flexibility index (Phi) is 4.86. The molecule has 2 aliphatic rings. The molecule has 0 aliphatic carbocycles. The summed E-state index contributed by atoms with van der Waals surface area (Å²) in [6.45, 7) is 1.11. The molecule has 0 unspecified atom stereocenters. The second-order valence-electron chi connectivity index (χ2n) is 6.58. The van der Waals surface area contributed by atoms with Crippen molar-refractivity contribution in [2.24, 2.45) is 0 Å². The van der Waals surface area contributed by atoms with Crippen LogP contribution in [0.1, 0.15) is 5.56 Å². The van der Waals surface area contributed by atoms with Crippen molar-refractivity contribution in [1.82, 2.24) is 0 Å². The lowest BCUT2D eigenvalue weighted by atomic mass is 9.94. The maximum Gasteiger partial charge on any atom is 0.256 e. The molecule has 5 rings (SSSR count). The van der Waals surface area contributed by atoms with Crippen LogP contribution < -0.4 is 52.2 Å². The number of nitrogens with zero attached hydrogens (tertiary/aromatic N) is 1. The van der Waals surface area contributed by atoms with Crippen molar-refractivity contribution in [2.75, 3.05) is 28.1 Å². The van der Waals surface area contributed by atoms with Gasteiger partial charge in [0.05, 0.1) is 32.3 Å². The molecule has 0 bridgehead atoms. The van der Waals surface area contributed by atoms with Crippen molar-refractivity contribution in [3.8, 4) is 40.0 Å². The summed E-state index contributed by atoms with van der Waals surface area (Å²) in [5.74, 6) is 3.81. The fraction of sp³-hybridized carbons (Fsp3) is 0.286. The molecule has 1 aromatic heterocycles. The average Bonchev–Trinajstić information content (AvgIpc) is 3.16. The van der Waals surface area contributed by atoms with E-state index in [1.54, 1.807) is 21.3 Å². The number of methoxy groups -OCH3 is 3. The smallest absolute Gasteiger partial charge is 0.256 e. The lowest BCUT2D eigenvalue weighted by Gasteiger charge is -2.20. The van der Waals surface area contributed by atoms with Gasteiger partial charge in [0, 0.05) is 11.8 Å². The third-order valence-electron chi connectivity index (χ3n) is 5.30. The van der Waals surface area contributed by atoms with Gasteiger partial charge in [0.2, 0.25) is 6.79 Å². The Morgan fingerprint density at radius 3 is 2.36 bits per heavy atom. The van der Waals surface area contributed by atoms with E-state index in [0.717, 1.165) is 52.2 Å². The average molecular weight is 493 g/mol. The van der Waals surface area contributed by atoms with Gasteiger partial charge < -0.3 is 47.7 Å². The van der Waals surface area contributed by atoms with Crippen LogP contribution in [0.3, 0.4) is 0 Å². The molecule has 28 heavy (non-hydrogen) atoms. The number of fused-ring (bicyclic) bond motifs is 5. The molecule has 3 aromatic rings. The molecule has 0 fully saturated rings. The minimum atomic E-state index is 0. The van der Waals surface area contributed by atoms with E-state index in [0.29, 0.717) is 11.5 Å². The molecule has 2 aromatic carbocycles. The van der Waals surface area contributed by atoms with Gasteiger partial charge in [0.25, 0.3) is 5.69 Å². The highest BCUT2D eigenvalue weighted by Crippen LogP contribution is 2.46. The second-order valence-corrected chi connectivity index (χ2v) is 6.58. The molecule has 3 heterocycles. The summed E-state index contributed by atoms with van der Waals surface area (Å²) >= 11 is 0. The predicted octanol–water partition coefficient (Wildman–Crippen LogP) is 0.109. The van der Waals surface area contributed by atoms with E-state index in [1.165, 1.54) is 5.56 Å². The van der Waals surface area contributed by atoms with Crippen LogP contribution >= 0.6 is 0 Å². The van der Waals surface area contributed by atoms with Crippen molar-refractivity contribution in [1.29, 1.82) is 0 Å². The Morgan fingerprint density at radius 1 is 0.893 bits per heavy atom. The predicted molar refractivity (Wildman–Crippen MR) is 99.1 cm³/mol. The van der Waals surface area contributed by atoms with Gasteiger partial charge in [0.15, 0.2) is 41.5 Å². The van der Waals surface area contributed by atoms with Gasteiger partial charge in [-0.2, -0.15) is 4.57 Å². The standard InChI is InChI=1S/C21H20NO5.HI/c1-23-16-5-4-13-15(20(16)24-2)10-22-7-6-12-8-17-18(27-11-26-17)9-14(12)19(22)21(13)25-3;/h4-5,8-10H,6-7,11H2,1-3H3;1H/q+1;/p-1. The van der Waals surface area contributed by atoms with Crippen molar-refractivity contribution in [3.63, 3.8) is 0 Å². The summed E-state index contributed by atoms with van der Waals surface area (Å²) in [6, 6.07) is 8.05. The van der Waals surface area contributed by atoms with Crippen molar-refractivity contribution in [2.45, 2.75) is 13.0 Å². The van der Waals surface area contributed by atoms with Gasteiger partial charge in [-0.25, -0.2) is 0 Å². The zero-order valence-corrected chi connectivity index (χ0v) is 18.0. The Morgan fingerprint density at radius 2 is 1.64 bits per heavy atom. The highest BCUT2D eigenvalue weighted by molar-refractivity contribution is 5.97. The number of halogens is 1. The van der Waals surface area contributed by atoms with Gasteiger partial charge in [-0.1, -0.05) is 0 Å². The normalized spacial score (nSPS) is 13.4. The van der Waals surface area contributed by atoms with Crippen LogP contribution in [0.25, 0.3) is 22.0 Å². The Bertz CT molecular complexity index is 1080. The highest BCUT2D eigenvalue weighted by Gasteiger charge is 2.33. The number of hydrogen-bond donors (Lipinski definition) is 0. The van der Waals surface area contributed by atoms with Crippen molar-refractivity contribution < 1.29 is 52.2 Å². The van der Waals surface area contributed by atoms with Crippen LogP contribution in [0.15, 0.2) is 30.5 Å². The Hall–Kier alpha value is -2.42. The minimum Gasteiger partial charge on any atom is -1.00 e. The first kappa shape index (κ1) is 18.9. The first-order valence-corrected chi connectivity index (χ1v) is 8.83.